The van der Waals surface area contributed by atoms with Crippen LogP contribution in [0.2, 0.25) is 0 Å². The largest absolute Gasteiger partial charge is 0.494 e. The predicted molar refractivity (Wildman–Crippen MR) is 106 cm³/mol. The van der Waals surface area contributed by atoms with Crippen molar-refractivity contribution in [3.8, 4) is 5.75 Å². The Bertz CT molecular complexity index is 892. The Kier molecular flexibility index (Phi) is 5.35. The predicted octanol–water partition coefficient (Wildman–Crippen LogP) is 3.39. The molecule has 4 N–H and O–H groups in total. The molecule has 1 heterocycles. The number of hydrogen-bond acceptors (Lipinski definition) is 5. The van der Waals surface area contributed by atoms with Crippen LogP contribution in [-0.4, -0.2) is 23.2 Å². The van der Waals surface area contributed by atoms with Crippen LogP contribution in [0, 0.1) is 0 Å². The molecule has 6 nitrogen and oxygen atoms in total. The first-order valence-electron chi connectivity index (χ1n) is 9.14. The highest BCUT2D eigenvalue weighted by Crippen LogP contribution is 2.30. The fourth-order valence-electron chi connectivity index (χ4n) is 3.23. The lowest BCUT2D eigenvalue weighted by Crippen LogP contribution is -2.26. The second-order valence-corrected chi connectivity index (χ2v) is 6.88. The van der Waals surface area contributed by atoms with Gasteiger partial charge in [-0.1, -0.05) is 19.4 Å². The number of hydrogen-bond donors (Lipinski definition) is 2. The minimum Gasteiger partial charge on any atom is -0.494 e. The highest BCUT2D eigenvalue weighted by atomic mass is 16.5. The minimum atomic E-state index is -0.209. The SMILES string of the molecule is CCCCOc1ccc2c(c1)CN(C(=O)c1cc(C(C)=O)c(N)cc1N)C2. The zero-order valence-electron chi connectivity index (χ0n) is 15.7. The molecule has 2 aromatic rings. The minimum absolute atomic E-state index is 0.194. The number of amides is 1. The van der Waals surface area contributed by atoms with Crippen molar-refractivity contribution in [1.82, 2.24) is 4.90 Å². The highest BCUT2D eigenvalue weighted by molar-refractivity contribution is 6.06. The number of nitrogen functional groups attached to an aromatic ring is 2. The van der Waals surface area contributed by atoms with E-state index in [1.807, 2.05) is 18.2 Å². The lowest BCUT2D eigenvalue weighted by molar-refractivity contribution is 0.0752. The standard InChI is InChI=1S/C21H25N3O3/c1-3-4-7-27-16-6-5-14-11-24(12-15(14)8-16)21(26)18-9-17(13(2)25)19(22)10-20(18)23/h5-6,8-10H,3-4,7,11-12,22-23H2,1-2H3. The van der Waals surface area contributed by atoms with Gasteiger partial charge < -0.3 is 21.1 Å². The number of carbonyl (C=O) groups is 2. The number of anilines is 2. The normalized spacial score (nSPS) is 12.7. The third-order valence-corrected chi connectivity index (χ3v) is 4.79. The maximum atomic E-state index is 13.0. The fraction of sp³-hybridized carbons (Fsp3) is 0.333. The summed E-state index contributed by atoms with van der Waals surface area (Å²) in [6.45, 7) is 5.21. The van der Waals surface area contributed by atoms with E-state index in [0.29, 0.717) is 30.8 Å². The van der Waals surface area contributed by atoms with E-state index in [9.17, 15) is 9.59 Å². The van der Waals surface area contributed by atoms with Crippen LogP contribution < -0.4 is 16.2 Å². The van der Waals surface area contributed by atoms with Crippen LogP contribution in [0.5, 0.6) is 5.75 Å². The first-order chi connectivity index (χ1) is 12.9. The maximum absolute atomic E-state index is 13.0. The molecule has 0 aromatic heterocycles. The summed E-state index contributed by atoms with van der Waals surface area (Å²) >= 11 is 0. The van der Waals surface area contributed by atoms with Gasteiger partial charge in [0.1, 0.15) is 5.75 Å². The number of fused-ring (bicyclic) bond motifs is 1. The Balaban J connectivity index is 1.79. The first kappa shape index (κ1) is 18.8. The summed E-state index contributed by atoms with van der Waals surface area (Å²) in [4.78, 5) is 26.4. The molecule has 2 aromatic carbocycles. The molecular weight excluding hydrogens is 342 g/mol. The number of nitrogens with two attached hydrogens (primary N) is 2. The van der Waals surface area contributed by atoms with Gasteiger partial charge in [-0.25, -0.2) is 0 Å². The molecule has 142 valence electrons. The third-order valence-electron chi connectivity index (χ3n) is 4.79. The molecule has 6 heteroatoms. The van der Waals surface area contributed by atoms with Crippen LogP contribution in [0.25, 0.3) is 0 Å². The molecule has 1 aliphatic rings. The monoisotopic (exact) mass is 367 g/mol. The summed E-state index contributed by atoms with van der Waals surface area (Å²) in [6.07, 6.45) is 2.09. The van der Waals surface area contributed by atoms with E-state index < -0.39 is 0 Å². The van der Waals surface area contributed by atoms with Gasteiger partial charge in [-0.3, -0.25) is 9.59 Å². The molecule has 27 heavy (non-hydrogen) atoms. The van der Waals surface area contributed by atoms with Crippen molar-refractivity contribution < 1.29 is 14.3 Å². The average Bonchev–Trinajstić information content (AvgIpc) is 3.04. The van der Waals surface area contributed by atoms with Gasteiger partial charge in [0, 0.05) is 30.0 Å². The molecule has 0 fully saturated rings. The molecular formula is C21H25N3O3. The molecule has 1 amide bonds. The Hall–Kier alpha value is -3.02. The number of ether oxygens (including phenoxy) is 1. The van der Waals surface area contributed by atoms with E-state index in [1.165, 1.54) is 19.1 Å². The Labute approximate surface area is 159 Å². The highest BCUT2D eigenvalue weighted by Gasteiger charge is 2.27. The van der Waals surface area contributed by atoms with Crippen molar-refractivity contribution >= 4 is 23.1 Å². The number of unbranched alkanes of at least 4 members (excludes halogenated alkanes) is 1. The summed E-state index contributed by atoms with van der Waals surface area (Å²) in [5, 5.41) is 0. The van der Waals surface area contributed by atoms with Crippen molar-refractivity contribution in [3.05, 3.63) is 52.6 Å². The average molecular weight is 367 g/mol. The van der Waals surface area contributed by atoms with Crippen LogP contribution in [0.3, 0.4) is 0 Å². The zero-order valence-corrected chi connectivity index (χ0v) is 15.7. The molecule has 0 bridgehead atoms. The van der Waals surface area contributed by atoms with E-state index in [-0.39, 0.29) is 23.1 Å². The van der Waals surface area contributed by atoms with Gasteiger partial charge in [0.25, 0.3) is 5.91 Å². The van der Waals surface area contributed by atoms with Crippen LogP contribution >= 0.6 is 0 Å². The fourth-order valence-corrected chi connectivity index (χ4v) is 3.23. The van der Waals surface area contributed by atoms with E-state index in [2.05, 4.69) is 6.92 Å². The van der Waals surface area contributed by atoms with Crippen LogP contribution in [0.15, 0.2) is 30.3 Å². The van der Waals surface area contributed by atoms with E-state index in [1.54, 1.807) is 4.90 Å². The summed E-state index contributed by atoms with van der Waals surface area (Å²) in [6, 6.07) is 8.90. The van der Waals surface area contributed by atoms with Gasteiger partial charge >= 0.3 is 0 Å². The van der Waals surface area contributed by atoms with Crippen molar-refractivity contribution in [2.45, 2.75) is 39.8 Å². The van der Waals surface area contributed by atoms with Crippen LogP contribution in [0.1, 0.15) is 58.5 Å². The van der Waals surface area contributed by atoms with Gasteiger partial charge in [-0.15, -0.1) is 0 Å². The number of ketones is 1. The van der Waals surface area contributed by atoms with Crippen LogP contribution in [-0.2, 0) is 13.1 Å². The third kappa shape index (κ3) is 3.89. The Morgan fingerprint density at radius 1 is 1.04 bits per heavy atom. The number of benzene rings is 2. The molecule has 0 spiro atoms. The molecule has 0 atom stereocenters. The number of rotatable bonds is 6. The number of carbonyl (C=O) groups excluding carboxylic acids is 2. The van der Waals surface area contributed by atoms with Gasteiger partial charge in [0.05, 0.1) is 12.2 Å². The van der Waals surface area contributed by atoms with Gasteiger partial charge in [-0.2, -0.15) is 0 Å². The molecule has 0 saturated carbocycles. The summed E-state index contributed by atoms with van der Waals surface area (Å²) in [7, 11) is 0. The summed E-state index contributed by atoms with van der Waals surface area (Å²) < 4.78 is 5.75. The molecule has 3 rings (SSSR count). The topological polar surface area (TPSA) is 98.6 Å². The molecule has 1 aliphatic heterocycles. The summed E-state index contributed by atoms with van der Waals surface area (Å²) in [5.41, 5.74) is 15.2. The lowest BCUT2D eigenvalue weighted by Gasteiger charge is -2.18. The van der Waals surface area contributed by atoms with E-state index >= 15 is 0 Å². The van der Waals surface area contributed by atoms with Crippen molar-refractivity contribution in [2.75, 3.05) is 18.1 Å². The summed E-state index contributed by atoms with van der Waals surface area (Å²) in [5.74, 6) is 0.419. The second kappa shape index (κ2) is 7.70. The molecule has 0 aliphatic carbocycles. The van der Waals surface area contributed by atoms with Gasteiger partial charge in [-0.05, 0) is 48.7 Å². The zero-order chi connectivity index (χ0) is 19.6. The Morgan fingerprint density at radius 2 is 1.74 bits per heavy atom. The quantitative estimate of drug-likeness (QED) is 0.463. The van der Waals surface area contributed by atoms with Crippen molar-refractivity contribution in [3.63, 3.8) is 0 Å². The lowest BCUT2D eigenvalue weighted by atomic mass is 10.0. The van der Waals surface area contributed by atoms with Crippen molar-refractivity contribution in [2.24, 2.45) is 0 Å². The molecule has 0 radical (unpaired) electrons. The van der Waals surface area contributed by atoms with Gasteiger partial charge in [0.15, 0.2) is 5.78 Å². The first-order valence-corrected chi connectivity index (χ1v) is 9.14. The van der Waals surface area contributed by atoms with E-state index in [4.69, 9.17) is 16.2 Å². The second-order valence-electron chi connectivity index (χ2n) is 6.88. The smallest absolute Gasteiger partial charge is 0.256 e. The number of Topliss-reactive ketones (excluding diaryl/α,β-unsaturated/α-hetero) is 1. The maximum Gasteiger partial charge on any atom is 0.256 e. The molecule has 0 saturated heterocycles. The molecule has 0 unspecified atom stereocenters. The van der Waals surface area contributed by atoms with E-state index in [0.717, 1.165) is 29.7 Å². The van der Waals surface area contributed by atoms with Crippen molar-refractivity contribution in [1.29, 1.82) is 0 Å². The Morgan fingerprint density at radius 3 is 2.44 bits per heavy atom. The number of nitrogens with zero attached hydrogens (tertiary/aromatic N) is 1. The van der Waals surface area contributed by atoms with Gasteiger partial charge in [0.2, 0.25) is 0 Å². The van der Waals surface area contributed by atoms with Crippen LogP contribution in [0.4, 0.5) is 11.4 Å².